The average Bonchev–Trinajstić information content (AvgIpc) is 2.71. The lowest BCUT2D eigenvalue weighted by Gasteiger charge is -2.12. The SMILES string of the molecule is CO/N=C(/C(=O)OC)c1ccccc1OCN=C(C)c1cccc(C(C)(F)F)c1. The molecule has 0 amide bonds. The largest absolute Gasteiger partial charge is 0.471 e. The van der Waals surface area contributed by atoms with Crippen LogP contribution in [-0.2, 0) is 20.3 Å². The number of hydrogen-bond acceptors (Lipinski definition) is 6. The number of para-hydroxylation sites is 1. The third kappa shape index (κ3) is 5.84. The Hall–Kier alpha value is -3.29. The van der Waals surface area contributed by atoms with Gasteiger partial charge in [0.25, 0.3) is 5.92 Å². The number of esters is 1. The minimum atomic E-state index is -2.93. The van der Waals surface area contributed by atoms with Crippen molar-refractivity contribution in [2.45, 2.75) is 19.8 Å². The predicted molar refractivity (Wildman–Crippen MR) is 106 cm³/mol. The van der Waals surface area contributed by atoms with E-state index in [0.29, 0.717) is 22.6 Å². The second-order valence-electron chi connectivity index (χ2n) is 6.10. The van der Waals surface area contributed by atoms with E-state index in [4.69, 9.17) is 14.3 Å². The molecule has 0 spiro atoms. The minimum Gasteiger partial charge on any atom is -0.471 e. The molecule has 29 heavy (non-hydrogen) atoms. The molecular weight excluding hydrogens is 382 g/mol. The molecule has 154 valence electrons. The molecule has 2 aromatic rings. The summed E-state index contributed by atoms with van der Waals surface area (Å²) in [7, 11) is 2.55. The number of alkyl halides is 2. The molecule has 0 saturated heterocycles. The van der Waals surface area contributed by atoms with Crippen LogP contribution in [0.25, 0.3) is 0 Å². The Kier molecular flexibility index (Phi) is 7.41. The third-order valence-corrected chi connectivity index (χ3v) is 4.01. The topological polar surface area (TPSA) is 69.5 Å². The van der Waals surface area contributed by atoms with E-state index in [-0.39, 0.29) is 18.0 Å². The van der Waals surface area contributed by atoms with Crippen molar-refractivity contribution in [3.8, 4) is 5.75 Å². The first-order valence-electron chi connectivity index (χ1n) is 8.69. The number of carbonyl (C=O) groups excluding carboxylic acids is 1. The number of halogens is 2. The van der Waals surface area contributed by atoms with Gasteiger partial charge in [0, 0.05) is 18.2 Å². The van der Waals surface area contributed by atoms with Crippen LogP contribution in [-0.4, -0.2) is 38.3 Å². The number of oxime groups is 1. The normalized spacial score (nSPS) is 12.5. The summed E-state index contributed by atoms with van der Waals surface area (Å²) < 4.78 is 37.4. The molecule has 6 nitrogen and oxygen atoms in total. The summed E-state index contributed by atoms with van der Waals surface area (Å²) in [5, 5.41) is 3.70. The van der Waals surface area contributed by atoms with Crippen molar-refractivity contribution in [2.24, 2.45) is 10.1 Å². The molecule has 0 aliphatic heterocycles. The number of nitrogens with zero attached hydrogens (tertiary/aromatic N) is 2. The molecule has 0 heterocycles. The van der Waals surface area contributed by atoms with Gasteiger partial charge in [0.1, 0.15) is 12.9 Å². The molecule has 2 rings (SSSR count). The summed E-state index contributed by atoms with van der Waals surface area (Å²) in [5.41, 5.74) is 1.34. The lowest BCUT2D eigenvalue weighted by Crippen LogP contribution is -2.18. The lowest BCUT2D eigenvalue weighted by molar-refractivity contribution is -0.132. The summed E-state index contributed by atoms with van der Waals surface area (Å²) in [6.07, 6.45) is 0. The van der Waals surface area contributed by atoms with Gasteiger partial charge in [-0.3, -0.25) is 4.99 Å². The van der Waals surface area contributed by atoms with Gasteiger partial charge in [-0.1, -0.05) is 35.5 Å². The molecule has 8 heteroatoms. The number of aliphatic imine (C=N–C) groups is 1. The van der Waals surface area contributed by atoms with E-state index in [0.717, 1.165) is 6.92 Å². The van der Waals surface area contributed by atoms with Crippen molar-refractivity contribution < 1.29 is 27.9 Å². The van der Waals surface area contributed by atoms with Gasteiger partial charge in [0.05, 0.1) is 12.7 Å². The van der Waals surface area contributed by atoms with Gasteiger partial charge >= 0.3 is 5.97 Å². The zero-order chi connectivity index (χ0) is 21.4. The standard InChI is InChI=1S/C21H22F2N2O4/c1-14(15-8-7-9-16(12-15)21(2,22)23)24-13-29-18-11-6-5-10-17(18)19(25-28-4)20(26)27-3/h5-12H,13H2,1-4H3/b24-14?,25-19+. The van der Waals surface area contributed by atoms with Crippen molar-refractivity contribution in [3.05, 3.63) is 65.2 Å². The quantitative estimate of drug-likeness (QED) is 0.376. The van der Waals surface area contributed by atoms with Gasteiger partial charge in [0.15, 0.2) is 12.4 Å². The fraction of sp³-hybridized carbons (Fsp3) is 0.286. The van der Waals surface area contributed by atoms with E-state index in [1.54, 1.807) is 43.3 Å². The smallest absolute Gasteiger partial charge is 0.360 e. The van der Waals surface area contributed by atoms with Crippen LogP contribution in [0.1, 0.15) is 30.5 Å². The molecule has 0 aliphatic carbocycles. The van der Waals surface area contributed by atoms with Crippen LogP contribution < -0.4 is 4.74 Å². The highest BCUT2D eigenvalue weighted by Crippen LogP contribution is 2.27. The Morgan fingerprint density at radius 1 is 1.10 bits per heavy atom. The molecule has 0 aromatic heterocycles. The minimum absolute atomic E-state index is 0.0517. The molecule has 0 N–H and O–H groups in total. The predicted octanol–water partition coefficient (Wildman–Crippen LogP) is 4.17. The second kappa shape index (κ2) is 9.77. The first kappa shape index (κ1) is 22.0. The summed E-state index contributed by atoms with van der Waals surface area (Å²) in [6.45, 7) is 2.46. The second-order valence-corrected chi connectivity index (χ2v) is 6.10. The maximum absolute atomic E-state index is 13.5. The summed E-state index contributed by atoms with van der Waals surface area (Å²) in [5.74, 6) is -3.27. The molecule has 2 aromatic carbocycles. The van der Waals surface area contributed by atoms with Crippen LogP contribution in [0.2, 0.25) is 0 Å². The van der Waals surface area contributed by atoms with Crippen LogP contribution in [0.15, 0.2) is 58.7 Å². The van der Waals surface area contributed by atoms with E-state index < -0.39 is 11.9 Å². The highest BCUT2D eigenvalue weighted by Gasteiger charge is 2.24. The van der Waals surface area contributed by atoms with Crippen LogP contribution >= 0.6 is 0 Å². The molecule has 0 aliphatic rings. The highest BCUT2D eigenvalue weighted by atomic mass is 19.3. The fourth-order valence-electron chi connectivity index (χ4n) is 2.48. The molecule has 0 bridgehead atoms. The van der Waals surface area contributed by atoms with Gasteiger partial charge < -0.3 is 14.3 Å². The fourth-order valence-corrected chi connectivity index (χ4v) is 2.48. The van der Waals surface area contributed by atoms with Gasteiger partial charge in [-0.05, 0) is 30.7 Å². The van der Waals surface area contributed by atoms with Gasteiger partial charge in [-0.25, -0.2) is 13.6 Å². The number of methoxy groups -OCH3 is 1. The van der Waals surface area contributed by atoms with Gasteiger partial charge in [-0.2, -0.15) is 0 Å². The number of ether oxygens (including phenoxy) is 2. The van der Waals surface area contributed by atoms with Gasteiger partial charge in [-0.15, -0.1) is 0 Å². The first-order chi connectivity index (χ1) is 13.8. The molecule has 0 atom stereocenters. The summed E-state index contributed by atoms with van der Waals surface area (Å²) >= 11 is 0. The van der Waals surface area contributed by atoms with Gasteiger partial charge in [0.2, 0.25) is 0 Å². The summed E-state index contributed by atoms with van der Waals surface area (Å²) in [4.78, 5) is 21.0. The van der Waals surface area contributed by atoms with Crippen LogP contribution in [0.4, 0.5) is 8.78 Å². The number of rotatable bonds is 8. The monoisotopic (exact) mass is 404 g/mol. The van der Waals surface area contributed by atoms with Crippen LogP contribution in [0, 0.1) is 0 Å². The molecular formula is C21H22F2N2O4. The highest BCUT2D eigenvalue weighted by molar-refractivity contribution is 6.43. The van der Waals surface area contributed by atoms with Crippen molar-refractivity contribution in [3.63, 3.8) is 0 Å². The van der Waals surface area contributed by atoms with E-state index in [1.165, 1.54) is 26.4 Å². The molecule has 0 saturated carbocycles. The zero-order valence-electron chi connectivity index (χ0n) is 16.6. The Bertz CT molecular complexity index is 921. The Labute approximate surface area is 167 Å². The van der Waals surface area contributed by atoms with Crippen molar-refractivity contribution in [2.75, 3.05) is 21.0 Å². The maximum atomic E-state index is 13.5. The Morgan fingerprint density at radius 3 is 2.48 bits per heavy atom. The van der Waals surface area contributed by atoms with Crippen molar-refractivity contribution in [1.29, 1.82) is 0 Å². The molecule has 0 radical (unpaired) electrons. The first-order valence-corrected chi connectivity index (χ1v) is 8.69. The number of hydrogen-bond donors (Lipinski definition) is 0. The average molecular weight is 404 g/mol. The zero-order valence-corrected chi connectivity index (χ0v) is 16.6. The summed E-state index contributed by atoms with van der Waals surface area (Å²) in [6, 6.07) is 12.7. The van der Waals surface area contributed by atoms with Crippen molar-refractivity contribution in [1.82, 2.24) is 0 Å². The molecule has 0 unspecified atom stereocenters. The van der Waals surface area contributed by atoms with Crippen LogP contribution in [0.3, 0.4) is 0 Å². The number of benzene rings is 2. The van der Waals surface area contributed by atoms with E-state index in [1.807, 2.05) is 0 Å². The van der Waals surface area contributed by atoms with Crippen LogP contribution in [0.5, 0.6) is 5.75 Å². The van der Waals surface area contributed by atoms with E-state index in [9.17, 15) is 13.6 Å². The Morgan fingerprint density at radius 2 is 1.83 bits per heavy atom. The van der Waals surface area contributed by atoms with E-state index >= 15 is 0 Å². The maximum Gasteiger partial charge on any atom is 0.360 e. The number of carbonyl (C=O) groups is 1. The third-order valence-electron chi connectivity index (χ3n) is 4.01. The molecule has 0 fully saturated rings. The lowest BCUT2D eigenvalue weighted by atomic mass is 10.0. The van der Waals surface area contributed by atoms with E-state index in [2.05, 4.69) is 10.1 Å². The van der Waals surface area contributed by atoms with Crippen molar-refractivity contribution >= 4 is 17.4 Å². The Balaban J connectivity index is 2.21.